The Balaban J connectivity index is 1.48. The van der Waals surface area contributed by atoms with Crippen molar-refractivity contribution in [3.63, 3.8) is 0 Å². The van der Waals surface area contributed by atoms with Gasteiger partial charge in [-0.15, -0.1) is 0 Å². The minimum Gasteiger partial charge on any atom is -0.457 e. The summed E-state index contributed by atoms with van der Waals surface area (Å²) in [5.74, 6) is 1.18. The Bertz CT molecular complexity index is 1390. The molecule has 10 nitrogen and oxygen atoms in total. The van der Waals surface area contributed by atoms with E-state index in [9.17, 15) is 14.7 Å². The van der Waals surface area contributed by atoms with E-state index in [4.69, 9.17) is 15.2 Å². The summed E-state index contributed by atoms with van der Waals surface area (Å²) >= 11 is 0. The molecule has 36 heavy (non-hydrogen) atoms. The molecule has 4 aromatic rings. The Kier molecular flexibility index (Phi) is 7.16. The van der Waals surface area contributed by atoms with Crippen LogP contribution in [0, 0.1) is 0 Å². The summed E-state index contributed by atoms with van der Waals surface area (Å²) in [6.07, 6.45) is 3.10. The van der Waals surface area contributed by atoms with E-state index in [1.807, 2.05) is 30.3 Å². The van der Waals surface area contributed by atoms with Gasteiger partial charge >= 0.3 is 0 Å². The number of nitrogens with two attached hydrogens (primary N) is 1. The molecule has 2 aromatic carbocycles. The minimum atomic E-state index is -1.04. The Morgan fingerprint density at radius 1 is 1.00 bits per heavy atom. The maximum absolute atomic E-state index is 12.8. The van der Waals surface area contributed by atoms with Crippen molar-refractivity contribution in [2.45, 2.75) is 38.5 Å². The van der Waals surface area contributed by atoms with Crippen LogP contribution >= 0.6 is 0 Å². The molecule has 0 saturated heterocycles. The van der Waals surface area contributed by atoms with Crippen molar-refractivity contribution >= 4 is 5.91 Å². The third kappa shape index (κ3) is 6.57. The Morgan fingerprint density at radius 2 is 1.67 bits per heavy atom. The lowest BCUT2D eigenvalue weighted by atomic mass is 10.1. The van der Waals surface area contributed by atoms with E-state index in [1.165, 1.54) is 12.3 Å². The molecular weight excluding hydrogens is 462 g/mol. The fourth-order valence-corrected chi connectivity index (χ4v) is 3.56. The van der Waals surface area contributed by atoms with E-state index < -0.39 is 23.1 Å². The number of carbonyl (C=O) groups is 1. The third-order valence-electron chi connectivity index (χ3n) is 5.09. The Labute approximate surface area is 207 Å². The van der Waals surface area contributed by atoms with Crippen LogP contribution in [0.4, 0.5) is 0 Å². The molecule has 0 fully saturated rings. The molecule has 4 rings (SSSR count). The van der Waals surface area contributed by atoms with Gasteiger partial charge in [-0.25, -0.2) is 4.68 Å². The molecule has 0 aliphatic rings. The Morgan fingerprint density at radius 3 is 2.31 bits per heavy atom. The van der Waals surface area contributed by atoms with Gasteiger partial charge < -0.3 is 20.3 Å². The van der Waals surface area contributed by atoms with E-state index in [0.29, 0.717) is 22.9 Å². The second kappa shape index (κ2) is 10.4. The van der Waals surface area contributed by atoms with Gasteiger partial charge in [-0.1, -0.05) is 24.3 Å². The molecule has 10 heteroatoms. The van der Waals surface area contributed by atoms with Gasteiger partial charge in [0.05, 0.1) is 24.0 Å². The SMILES string of the molecule is CC(C)(O)Cn1ccc(CC(C(N)=O)n2ncc(Oc3cccc(Oc4ccccc4)c3)cc2=O)n1. The summed E-state index contributed by atoms with van der Waals surface area (Å²) in [5, 5.41) is 18.4. The summed E-state index contributed by atoms with van der Waals surface area (Å²) in [4.78, 5) is 25.0. The van der Waals surface area contributed by atoms with E-state index in [-0.39, 0.29) is 18.7 Å². The molecule has 2 aromatic heterocycles. The van der Waals surface area contributed by atoms with Crippen LogP contribution in [-0.4, -0.2) is 36.2 Å². The van der Waals surface area contributed by atoms with Gasteiger partial charge in [0.1, 0.15) is 23.3 Å². The van der Waals surface area contributed by atoms with Gasteiger partial charge in [0.2, 0.25) is 5.91 Å². The van der Waals surface area contributed by atoms with Crippen LogP contribution in [0.1, 0.15) is 25.6 Å². The molecular formula is C26H27N5O5. The van der Waals surface area contributed by atoms with Gasteiger partial charge in [0, 0.05) is 24.8 Å². The molecule has 0 aliphatic carbocycles. The predicted molar refractivity (Wildman–Crippen MR) is 132 cm³/mol. The minimum absolute atomic E-state index is 0.0696. The van der Waals surface area contributed by atoms with Crippen molar-refractivity contribution in [3.8, 4) is 23.0 Å². The van der Waals surface area contributed by atoms with Crippen LogP contribution in [-0.2, 0) is 17.8 Å². The fourth-order valence-electron chi connectivity index (χ4n) is 3.56. The highest BCUT2D eigenvalue weighted by atomic mass is 16.5. The number of aromatic nitrogens is 4. The predicted octanol–water partition coefficient (Wildman–Crippen LogP) is 3.06. The molecule has 0 radical (unpaired) electrons. The highest BCUT2D eigenvalue weighted by molar-refractivity contribution is 5.78. The molecule has 1 amide bonds. The van der Waals surface area contributed by atoms with Gasteiger partial charge in [-0.3, -0.25) is 14.3 Å². The molecule has 2 heterocycles. The average Bonchev–Trinajstić information content (AvgIpc) is 3.24. The van der Waals surface area contributed by atoms with Crippen molar-refractivity contribution in [3.05, 3.63) is 95.2 Å². The van der Waals surface area contributed by atoms with Crippen molar-refractivity contribution in [1.82, 2.24) is 19.6 Å². The first-order chi connectivity index (χ1) is 17.2. The maximum Gasteiger partial charge on any atom is 0.271 e. The maximum atomic E-state index is 12.8. The topological polar surface area (TPSA) is 134 Å². The van der Waals surface area contributed by atoms with Crippen molar-refractivity contribution < 1.29 is 19.4 Å². The first kappa shape index (κ1) is 24.7. The number of para-hydroxylation sites is 1. The van der Waals surface area contributed by atoms with Crippen LogP contribution in [0.3, 0.4) is 0 Å². The highest BCUT2D eigenvalue weighted by Gasteiger charge is 2.23. The molecule has 1 atom stereocenters. The van der Waals surface area contributed by atoms with Crippen molar-refractivity contribution in [1.29, 1.82) is 0 Å². The zero-order valence-electron chi connectivity index (χ0n) is 19.9. The lowest BCUT2D eigenvalue weighted by Gasteiger charge is -2.17. The zero-order chi connectivity index (χ0) is 25.7. The third-order valence-corrected chi connectivity index (χ3v) is 5.09. The van der Waals surface area contributed by atoms with Crippen molar-refractivity contribution in [2.24, 2.45) is 5.73 Å². The second-order valence-electron chi connectivity index (χ2n) is 8.91. The van der Waals surface area contributed by atoms with Crippen LogP contribution in [0.15, 0.2) is 83.9 Å². The second-order valence-corrected chi connectivity index (χ2v) is 8.91. The number of hydrogen-bond acceptors (Lipinski definition) is 7. The van der Waals surface area contributed by atoms with E-state index in [1.54, 1.807) is 55.1 Å². The smallest absolute Gasteiger partial charge is 0.271 e. The Hall–Kier alpha value is -4.44. The molecule has 0 aliphatic heterocycles. The quantitative estimate of drug-likeness (QED) is 0.350. The first-order valence-electron chi connectivity index (χ1n) is 11.3. The van der Waals surface area contributed by atoms with Gasteiger partial charge in [0.15, 0.2) is 5.75 Å². The number of hydrogen-bond donors (Lipinski definition) is 2. The number of carbonyl (C=O) groups excluding carboxylic acids is 1. The number of ether oxygens (including phenoxy) is 2. The van der Waals surface area contributed by atoms with Crippen molar-refractivity contribution in [2.75, 3.05) is 0 Å². The lowest BCUT2D eigenvalue weighted by molar-refractivity contribution is -0.121. The summed E-state index contributed by atoms with van der Waals surface area (Å²) < 4.78 is 14.2. The van der Waals surface area contributed by atoms with Crippen LogP contribution in [0.5, 0.6) is 23.0 Å². The van der Waals surface area contributed by atoms with Gasteiger partial charge in [-0.05, 0) is 44.2 Å². The molecule has 1 unspecified atom stereocenters. The number of rotatable bonds is 10. The molecule has 0 spiro atoms. The summed E-state index contributed by atoms with van der Waals surface area (Å²) in [7, 11) is 0. The van der Waals surface area contributed by atoms with Gasteiger partial charge in [0.25, 0.3) is 5.56 Å². The number of benzene rings is 2. The molecule has 3 N–H and O–H groups in total. The molecule has 0 bridgehead atoms. The fraction of sp³-hybridized carbons (Fsp3) is 0.231. The largest absolute Gasteiger partial charge is 0.457 e. The highest BCUT2D eigenvalue weighted by Crippen LogP contribution is 2.27. The number of primary amides is 1. The van der Waals surface area contributed by atoms with E-state index in [0.717, 1.165) is 4.68 Å². The normalized spacial score (nSPS) is 12.2. The summed E-state index contributed by atoms with van der Waals surface area (Å²) in [6, 6.07) is 18.2. The van der Waals surface area contributed by atoms with Crippen LogP contribution < -0.4 is 20.8 Å². The lowest BCUT2D eigenvalue weighted by Crippen LogP contribution is -2.36. The monoisotopic (exact) mass is 489 g/mol. The zero-order valence-corrected chi connectivity index (χ0v) is 19.9. The standard InChI is InChI=1S/C26H27N5O5/c1-26(2,34)17-30-12-11-18(29-30)13-23(25(27)33)31-24(32)15-22(16-28-31)36-21-10-6-9-20(14-21)35-19-7-4-3-5-8-19/h3-12,14-16,23,34H,13,17H2,1-2H3,(H2,27,33). The average molecular weight is 490 g/mol. The van der Waals surface area contributed by atoms with Gasteiger partial charge in [-0.2, -0.15) is 10.2 Å². The summed E-state index contributed by atoms with van der Waals surface area (Å²) in [6.45, 7) is 3.61. The number of nitrogens with zero attached hydrogens (tertiary/aromatic N) is 4. The number of aliphatic hydroxyl groups is 1. The van der Waals surface area contributed by atoms with E-state index >= 15 is 0 Å². The van der Waals surface area contributed by atoms with E-state index in [2.05, 4.69) is 10.2 Å². The van der Waals surface area contributed by atoms with Crippen LogP contribution in [0.2, 0.25) is 0 Å². The number of amides is 1. The first-order valence-corrected chi connectivity index (χ1v) is 11.3. The molecule has 0 saturated carbocycles. The summed E-state index contributed by atoms with van der Waals surface area (Å²) in [5.41, 5.74) is 4.61. The molecule has 186 valence electrons. The van der Waals surface area contributed by atoms with Crippen LogP contribution in [0.25, 0.3) is 0 Å².